The van der Waals surface area contributed by atoms with E-state index in [-0.39, 0.29) is 23.9 Å². The number of piperazine rings is 2. The molecule has 1 aromatic heterocycles. The lowest BCUT2D eigenvalue weighted by atomic mass is 10.1. The van der Waals surface area contributed by atoms with Crippen molar-refractivity contribution in [2.45, 2.75) is 6.04 Å². The number of nitrogens with zero attached hydrogens (tertiary/aromatic N) is 7. The highest BCUT2D eigenvalue weighted by Gasteiger charge is 2.40. The third kappa shape index (κ3) is 2.75. The monoisotopic (exact) mass is 349 g/mol. The van der Waals surface area contributed by atoms with Crippen molar-refractivity contribution in [3.63, 3.8) is 0 Å². The van der Waals surface area contributed by atoms with E-state index in [0.29, 0.717) is 43.9 Å². The van der Waals surface area contributed by atoms with Gasteiger partial charge in [-0.3, -0.25) is 14.6 Å². The molecule has 0 aliphatic carbocycles. The van der Waals surface area contributed by atoms with E-state index < -0.39 is 0 Å². The molecule has 26 heavy (non-hydrogen) atoms. The standard InChI is InChI=1S/C17H15N7O2/c18-9-12-2-1-3-13(8-12)15-20-21-17(26-15)24-7-6-23-5-4-22(11-19)10-14(23)16(24)25/h1-3,8,14H,4-7,10H2. The van der Waals surface area contributed by atoms with Gasteiger partial charge in [0.05, 0.1) is 18.2 Å². The van der Waals surface area contributed by atoms with Crippen LogP contribution in [0.2, 0.25) is 0 Å². The van der Waals surface area contributed by atoms with Crippen LogP contribution in [-0.2, 0) is 4.79 Å². The van der Waals surface area contributed by atoms with Crippen LogP contribution in [0.5, 0.6) is 0 Å². The van der Waals surface area contributed by atoms with Crippen molar-refractivity contribution in [2.75, 3.05) is 37.6 Å². The fourth-order valence-corrected chi connectivity index (χ4v) is 3.28. The third-order valence-electron chi connectivity index (χ3n) is 4.68. The number of anilines is 1. The van der Waals surface area contributed by atoms with Crippen LogP contribution in [0.4, 0.5) is 6.01 Å². The van der Waals surface area contributed by atoms with Crippen molar-refractivity contribution in [1.82, 2.24) is 20.0 Å². The Kier molecular flexibility index (Phi) is 3.99. The zero-order valence-electron chi connectivity index (χ0n) is 13.9. The number of fused-ring (bicyclic) bond motifs is 1. The van der Waals surface area contributed by atoms with Gasteiger partial charge in [0.15, 0.2) is 6.19 Å². The maximum Gasteiger partial charge on any atom is 0.325 e. The van der Waals surface area contributed by atoms with Gasteiger partial charge in [-0.1, -0.05) is 11.2 Å². The Morgan fingerprint density at radius 1 is 1.15 bits per heavy atom. The summed E-state index contributed by atoms with van der Waals surface area (Å²) in [4.78, 5) is 18.0. The SMILES string of the molecule is N#Cc1cccc(-c2nnc(N3CCN4CCN(C#N)CC4C3=O)o2)c1. The van der Waals surface area contributed by atoms with Gasteiger partial charge in [0.2, 0.25) is 11.8 Å². The lowest BCUT2D eigenvalue weighted by molar-refractivity contribution is -0.128. The summed E-state index contributed by atoms with van der Waals surface area (Å²) < 4.78 is 5.69. The second-order valence-corrected chi connectivity index (χ2v) is 6.17. The second kappa shape index (κ2) is 6.47. The summed E-state index contributed by atoms with van der Waals surface area (Å²) in [5.41, 5.74) is 1.12. The number of carbonyl (C=O) groups excluding carboxylic acids is 1. The van der Waals surface area contributed by atoms with Crippen LogP contribution in [0.15, 0.2) is 28.7 Å². The highest BCUT2D eigenvalue weighted by Crippen LogP contribution is 2.26. The average Bonchev–Trinajstić information content (AvgIpc) is 3.18. The molecule has 0 spiro atoms. The molecule has 2 aliphatic heterocycles. The fraction of sp³-hybridized carbons (Fsp3) is 0.353. The first-order chi connectivity index (χ1) is 12.7. The number of benzene rings is 1. The molecule has 1 unspecified atom stereocenters. The summed E-state index contributed by atoms with van der Waals surface area (Å²) in [7, 11) is 0. The Balaban J connectivity index is 1.57. The number of rotatable bonds is 2. The molecule has 9 nitrogen and oxygen atoms in total. The van der Waals surface area contributed by atoms with Crippen LogP contribution in [0.1, 0.15) is 5.56 Å². The van der Waals surface area contributed by atoms with Gasteiger partial charge in [0.25, 0.3) is 0 Å². The molecule has 4 rings (SSSR count). The number of nitriles is 2. The van der Waals surface area contributed by atoms with Crippen molar-refractivity contribution in [3.8, 4) is 23.7 Å². The number of hydrogen-bond acceptors (Lipinski definition) is 8. The van der Waals surface area contributed by atoms with Gasteiger partial charge in [0.1, 0.15) is 6.04 Å². The smallest absolute Gasteiger partial charge is 0.325 e. The first kappa shape index (κ1) is 16.1. The minimum absolute atomic E-state index is 0.140. The van der Waals surface area contributed by atoms with Gasteiger partial charge in [-0.05, 0) is 18.2 Å². The van der Waals surface area contributed by atoms with E-state index in [9.17, 15) is 4.79 Å². The van der Waals surface area contributed by atoms with Crippen LogP contribution in [-0.4, -0.2) is 64.7 Å². The molecule has 0 bridgehead atoms. The topological polar surface area (TPSA) is 113 Å². The van der Waals surface area contributed by atoms with Crippen LogP contribution in [0, 0.1) is 22.8 Å². The van der Waals surface area contributed by atoms with E-state index >= 15 is 0 Å². The Hall–Kier alpha value is -3.43. The minimum Gasteiger partial charge on any atom is -0.403 e. The number of aromatic nitrogens is 2. The van der Waals surface area contributed by atoms with Gasteiger partial charge >= 0.3 is 6.01 Å². The van der Waals surface area contributed by atoms with Gasteiger partial charge in [0, 0.05) is 31.7 Å². The molecule has 1 atom stereocenters. The number of hydrogen-bond donors (Lipinski definition) is 0. The number of amides is 1. The Labute approximate surface area is 149 Å². The van der Waals surface area contributed by atoms with Crippen molar-refractivity contribution in [2.24, 2.45) is 0 Å². The van der Waals surface area contributed by atoms with E-state index in [1.165, 1.54) is 4.90 Å². The van der Waals surface area contributed by atoms with E-state index in [1.54, 1.807) is 29.2 Å². The summed E-state index contributed by atoms with van der Waals surface area (Å²) in [5.74, 6) is 0.117. The van der Waals surface area contributed by atoms with E-state index in [0.717, 1.165) is 0 Å². The maximum absolute atomic E-state index is 12.8. The maximum atomic E-state index is 12.8. The summed E-state index contributed by atoms with van der Waals surface area (Å²) in [6, 6.07) is 8.67. The average molecular weight is 349 g/mol. The molecular weight excluding hydrogens is 334 g/mol. The predicted octanol–water partition coefficient (Wildman–Crippen LogP) is 0.422. The van der Waals surface area contributed by atoms with E-state index in [4.69, 9.17) is 14.9 Å². The molecule has 2 aliphatic rings. The summed E-state index contributed by atoms with van der Waals surface area (Å²) in [6.45, 7) is 2.85. The van der Waals surface area contributed by atoms with Crippen LogP contribution < -0.4 is 4.90 Å². The fourth-order valence-electron chi connectivity index (χ4n) is 3.28. The Morgan fingerprint density at radius 3 is 2.81 bits per heavy atom. The van der Waals surface area contributed by atoms with Crippen LogP contribution in [0.3, 0.4) is 0 Å². The molecule has 2 fully saturated rings. The molecule has 1 aromatic carbocycles. The molecule has 3 heterocycles. The van der Waals surface area contributed by atoms with Crippen LogP contribution in [0.25, 0.3) is 11.5 Å². The van der Waals surface area contributed by atoms with E-state index in [2.05, 4.69) is 27.4 Å². The Bertz CT molecular complexity index is 926. The Morgan fingerprint density at radius 2 is 2.00 bits per heavy atom. The van der Waals surface area contributed by atoms with Crippen molar-refractivity contribution in [3.05, 3.63) is 29.8 Å². The van der Waals surface area contributed by atoms with Crippen molar-refractivity contribution < 1.29 is 9.21 Å². The molecule has 0 radical (unpaired) electrons. The molecular formula is C17H15N7O2. The molecule has 0 saturated carbocycles. The summed E-state index contributed by atoms with van der Waals surface area (Å²) in [6.07, 6.45) is 2.11. The molecule has 2 saturated heterocycles. The van der Waals surface area contributed by atoms with Gasteiger partial charge in [-0.2, -0.15) is 10.5 Å². The molecule has 0 N–H and O–H groups in total. The van der Waals surface area contributed by atoms with Crippen molar-refractivity contribution in [1.29, 1.82) is 10.5 Å². The highest BCUT2D eigenvalue weighted by atomic mass is 16.4. The summed E-state index contributed by atoms with van der Waals surface area (Å²) >= 11 is 0. The zero-order chi connectivity index (χ0) is 18.1. The minimum atomic E-state index is -0.380. The lowest BCUT2D eigenvalue weighted by Crippen LogP contribution is -2.64. The molecule has 2 aromatic rings. The van der Waals surface area contributed by atoms with E-state index in [1.807, 2.05) is 0 Å². The first-order valence-corrected chi connectivity index (χ1v) is 8.24. The zero-order valence-corrected chi connectivity index (χ0v) is 13.9. The van der Waals surface area contributed by atoms with Crippen LogP contribution >= 0.6 is 0 Å². The largest absolute Gasteiger partial charge is 0.403 e. The van der Waals surface area contributed by atoms with Gasteiger partial charge in [-0.15, -0.1) is 5.10 Å². The quantitative estimate of drug-likeness (QED) is 0.717. The molecule has 1 amide bonds. The third-order valence-corrected chi connectivity index (χ3v) is 4.68. The first-order valence-electron chi connectivity index (χ1n) is 8.24. The van der Waals surface area contributed by atoms with Crippen molar-refractivity contribution >= 4 is 11.9 Å². The normalized spacial score (nSPS) is 20.4. The van der Waals surface area contributed by atoms with Gasteiger partial charge < -0.3 is 9.32 Å². The predicted molar refractivity (Wildman–Crippen MR) is 89.3 cm³/mol. The molecule has 130 valence electrons. The number of carbonyl (C=O) groups is 1. The summed E-state index contributed by atoms with van der Waals surface area (Å²) in [5, 5.41) is 26.1. The molecule has 9 heteroatoms. The second-order valence-electron chi connectivity index (χ2n) is 6.17. The van der Waals surface area contributed by atoms with Gasteiger partial charge in [-0.25, -0.2) is 0 Å². The lowest BCUT2D eigenvalue weighted by Gasteiger charge is -2.43. The highest BCUT2D eigenvalue weighted by molar-refractivity contribution is 5.96.